The summed E-state index contributed by atoms with van der Waals surface area (Å²) in [6.45, 7) is 1.25. The number of nitrogens with zero attached hydrogens (tertiary/aromatic N) is 2. The highest BCUT2D eigenvalue weighted by Gasteiger charge is 2.35. The van der Waals surface area contributed by atoms with Crippen LogP contribution in [0.2, 0.25) is 0 Å². The van der Waals surface area contributed by atoms with Crippen LogP contribution in [0.1, 0.15) is 24.0 Å². The van der Waals surface area contributed by atoms with E-state index in [0.717, 1.165) is 11.5 Å². The van der Waals surface area contributed by atoms with E-state index < -0.39 is 0 Å². The lowest BCUT2D eigenvalue weighted by Gasteiger charge is -2.23. The van der Waals surface area contributed by atoms with E-state index in [4.69, 9.17) is 8.83 Å². The topological polar surface area (TPSA) is 78.9 Å². The quantitative estimate of drug-likeness (QED) is 0.825. The molecule has 1 fully saturated rings. The first-order valence-corrected chi connectivity index (χ1v) is 8.32. The van der Waals surface area contributed by atoms with Gasteiger partial charge in [0, 0.05) is 19.5 Å². The second kappa shape index (κ2) is 7.57. The molecular formula is C18H23N3O4. The number of hydrogen-bond donors (Lipinski definition) is 1. The Kier molecular flexibility index (Phi) is 5.23. The van der Waals surface area contributed by atoms with Gasteiger partial charge in [-0.3, -0.25) is 14.5 Å². The van der Waals surface area contributed by atoms with E-state index in [9.17, 15) is 9.59 Å². The van der Waals surface area contributed by atoms with Crippen LogP contribution in [0.5, 0.6) is 0 Å². The van der Waals surface area contributed by atoms with Crippen LogP contribution in [0, 0.1) is 5.92 Å². The summed E-state index contributed by atoms with van der Waals surface area (Å²) in [4.78, 5) is 28.3. The molecule has 2 unspecified atom stereocenters. The summed E-state index contributed by atoms with van der Waals surface area (Å²) in [6, 6.07) is 7.29. The number of hydrogen-bond acceptors (Lipinski definition) is 5. The van der Waals surface area contributed by atoms with Crippen molar-refractivity contribution in [3.8, 4) is 0 Å². The Morgan fingerprint density at radius 1 is 1.32 bits per heavy atom. The Bertz CT molecular complexity index is 694. The maximum absolute atomic E-state index is 12.5. The number of nitrogens with one attached hydrogen (secondary N) is 1. The van der Waals surface area contributed by atoms with Crippen LogP contribution < -0.4 is 5.32 Å². The molecular weight excluding hydrogens is 322 g/mol. The molecule has 2 aromatic heterocycles. The number of likely N-dealkylation sites (tertiary alicyclic amines) is 1. The normalized spacial score (nSPS) is 18.8. The van der Waals surface area contributed by atoms with Crippen molar-refractivity contribution in [3.05, 3.63) is 48.3 Å². The summed E-state index contributed by atoms with van der Waals surface area (Å²) in [7, 11) is 3.87. The van der Waals surface area contributed by atoms with Crippen molar-refractivity contribution in [2.45, 2.75) is 19.0 Å². The van der Waals surface area contributed by atoms with Gasteiger partial charge in [-0.1, -0.05) is 0 Å². The fraction of sp³-hybridized carbons (Fsp3) is 0.444. The molecule has 7 heteroatoms. The number of furan rings is 2. The molecule has 1 saturated heterocycles. The fourth-order valence-corrected chi connectivity index (χ4v) is 3.05. The minimum Gasteiger partial charge on any atom is -0.468 e. The molecule has 1 N–H and O–H groups in total. The number of carbonyl (C=O) groups is 2. The molecule has 1 aliphatic heterocycles. The summed E-state index contributed by atoms with van der Waals surface area (Å²) in [5, 5.41) is 2.95. The smallest absolute Gasteiger partial charge is 0.225 e. The molecule has 0 saturated carbocycles. The monoisotopic (exact) mass is 345 g/mol. The Balaban J connectivity index is 1.54. The molecule has 25 heavy (non-hydrogen) atoms. The molecule has 2 aromatic rings. The number of rotatable bonds is 7. The van der Waals surface area contributed by atoms with Gasteiger partial charge in [-0.05, 0) is 38.4 Å². The maximum atomic E-state index is 12.5. The molecule has 134 valence electrons. The van der Waals surface area contributed by atoms with Crippen LogP contribution in [-0.2, 0) is 16.1 Å². The van der Waals surface area contributed by atoms with Crippen LogP contribution in [-0.4, -0.2) is 48.8 Å². The second-order valence-corrected chi connectivity index (χ2v) is 6.49. The average molecular weight is 345 g/mol. The predicted octanol–water partition coefficient (Wildman–Crippen LogP) is 1.64. The van der Waals surface area contributed by atoms with Crippen molar-refractivity contribution < 1.29 is 18.4 Å². The lowest BCUT2D eigenvalue weighted by Crippen LogP contribution is -2.38. The number of likely N-dealkylation sites (N-methyl/N-ethyl adjacent to an activating group) is 1. The zero-order valence-electron chi connectivity index (χ0n) is 14.5. The highest BCUT2D eigenvalue weighted by Crippen LogP contribution is 2.22. The standard InChI is InChI=1S/C18H23N3O4/c1-20(2)15(16-6-4-8-25-16)10-19-18(23)13-9-17(22)21(11-13)12-14-5-3-7-24-14/h3-8,13,15H,9-12H2,1-2H3,(H,19,23). The molecule has 0 aromatic carbocycles. The van der Waals surface area contributed by atoms with E-state index in [1.165, 1.54) is 0 Å². The van der Waals surface area contributed by atoms with Crippen LogP contribution in [0.4, 0.5) is 0 Å². The van der Waals surface area contributed by atoms with Gasteiger partial charge in [-0.25, -0.2) is 0 Å². The number of carbonyl (C=O) groups excluding carboxylic acids is 2. The van der Waals surface area contributed by atoms with Crippen molar-refractivity contribution in [2.75, 3.05) is 27.2 Å². The molecule has 1 aliphatic rings. The second-order valence-electron chi connectivity index (χ2n) is 6.49. The van der Waals surface area contributed by atoms with Crippen molar-refractivity contribution in [1.82, 2.24) is 15.1 Å². The minimum atomic E-state index is -0.332. The van der Waals surface area contributed by atoms with Crippen molar-refractivity contribution in [2.24, 2.45) is 5.92 Å². The predicted molar refractivity (Wildman–Crippen MR) is 90.4 cm³/mol. The molecule has 0 aliphatic carbocycles. The third kappa shape index (κ3) is 4.11. The van der Waals surface area contributed by atoms with Gasteiger partial charge in [0.15, 0.2) is 0 Å². The van der Waals surface area contributed by atoms with E-state index >= 15 is 0 Å². The van der Waals surface area contributed by atoms with Crippen molar-refractivity contribution in [3.63, 3.8) is 0 Å². The first-order chi connectivity index (χ1) is 12.0. The summed E-state index contributed by atoms with van der Waals surface area (Å²) >= 11 is 0. The zero-order valence-corrected chi connectivity index (χ0v) is 14.5. The molecule has 0 spiro atoms. The molecule has 3 heterocycles. The third-order valence-corrected chi connectivity index (χ3v) is 4.48. The van der Waals surface area contributed by atoms with Crippen molar-refractivity contribution >= 4 is 11.8 Å². The largest absolute Gasteiger partial charge is 0.468 e. The van der Waals surface area contributed by atoms with Gasteiger partial charge in [0.2, 0.25) is 11.8 Å². The SMILES string of the molecule is CN(C)C(CNC(=O)C1CC(=O)N(Cc2ccco2)C1)c1ccco1. The van der Waals surface area contributed by atoms with E-state index in [0.29, 0.717) is 19.6 Å². The van der Waals surface area contributed by atoms with Gasteiger partial charge in [-0.2, -0.15) is 0 Å². The van der Waals surface area contributed by atoms with Gasteiger partial charge >= 0.3 is 0 Å². The Morgan fingerprint density at radius 3 is 2.72 bits per heavy atom. The highest BCUT2D eigenvalue weighted by atomic mass is 16.3. The lowest BCUT2D eigenvalue weighted by molar-refractivity contribution is -0.129. The van der Waals surface area contributed by atoms with Crippen LogP contribution in [0.15, 0.2) is 45.6 Å². The van der Waals surface area contributed by atoms with Crippen LogP contribution in [0.25, 0.3) is 0 Å². The summed E-state index contributed by atoms with van der Waals surface area (Å²) in [5.74, 6) is 1.06. The zero-order chi connectivity index (χ0) is 17.8. The fourth-order valence-electron chi connectivity index (χ4n) is 3.05. The summed E-state index contributed by atoms with van der Waals surface area (Å²) in [6.07, 6.45) is 3.44. The number of amides is 2. The van der Waals surface area contributed by atoms with Gasteiger partial charge in [0.25, 0.3) is 0 Å². The van der Waals surface area contributed by atoms with Gasteiger partial charge < -0.3 is 19.1 Å². The molecule has 7 nitrogen and oxygen atoms in total. The minimum absolute atomic E-state index is 0.0215. The van der Waals surface area contributed by atoms with Crippen LogP contribution >= 0.6 is 0 Å². The van der Waals surface area contributed by atoms with E-state index in [1.807, 2.05) is 37.2 Å². The Hall–Kier alpha value is -2.54. The third-order valence-electron chi connectivity index (χ3n) is 4.48. The molecule has 2 amide bonds. The molecule has 2 atom stereocenters. The highest BCUT2D eigenvalue weighted by molar-refractivity contribution is 5.89. The van der Waals surface area contributed by atoms with Gasteiger partial charge in [-0.15, -0.1) is 0 Å². The average Bonchev–Trinajstić information content (AvgIpc) is 3.31. The molecule has 0 radical (unpaired) electrons. The summed E-state index contributed by atoms with van der Waals surface area (Å²) in [5.41, 5.74) is 0. The maximum Gasteiger partial charge on any atom is 0.225 e. The lowest BCUT2D eigenvalue weighted by atomic mass is 10.1. The summed E-state index contributed by atoms with van der Waals surface area (Å²) < 4.78 is 10.7. The molecule has 0 bridgehead atoms. The van der Waals surface area contributed by atoms with Crippen LogP contribution in [0.3, 0.4) is 0 Å². The molecule has 3 rings (SSSR count). The van der Waals surface area contributed by atoms with Gasteiger partial charge in [0.05, 0.1) is 31.0 Å². The van der Waals surface area contributed by atoms with Crippen molar-refractivity contribution in [1.29, 1.82) is 0 Å². The first-order valence-electron chi connectivity index (χ1n) is 8.32. The van der Waals surface area contributed by atoms with E-state index in [-0.39, 0.29) is 30.2 Å². The van der Waals surface area contributed by atoms with E-state index in [2.05, 4.69) is 5.32 Å². The Labute approximate surface area is 146 Å². The Morgan fingerprint density at radius 2 is 2.08 bits per heavy atom. The first kappa shape index (κ1) is 17.3. The van der Waals surface area contributed by atoms with Gasteiger partial charge in [0.1, 0.15) is 11.5 Å². The van der Waals surface area contributed by atoms with E-state index in [1.54, 1.807) is 23.5 Å².